The Bertz CT molecular complexity index is 702. The zero-order valence-corrected chi connectivity index (χ0v) is 15.8. The molecule has 1 N–H and O–H groups in total. The van der Waals surface area contributed by atoms with E-state index in [9.17, 15) is 4.79 Å². The van der Waals surface area contributed by atoms with E-state index in [1.165, 1.54) is 54.6 Å². The lowest BCUT2D eigenvalue weighted by atomic mass is 10.1. The summed E-state index contributed by atoms with van der Waals surface area (Å²) in [5.41, 5.74) is 5.00. The molecule has 2 aromatic rings. The Balaban J connectivity index is 1.44. The largest absolute Gasteiger partial charge is 0.352 e. The predicted octanol–water partition coefficient (Wildman–Crippen LogP) is 4.23. The van der Waals surface area contributed by atoms with Crippen molar-refractivity contribution < 1.29 is 4.79 Å². The van der Waals surface area contributed by atoms with Crippen molar-refractivity contribution >= 4 is 5.91 Å². The van der Waals surface area contributed by atoms with Crippen molar-refractivity contribution in [3.8, 4) is 0 Å². The van der Waals surface area contributed by atoms with E-state index >= 15 is 0 Å². The number of carbonyl (C=O) groups is 1. The second kappa shape index (κ2) is 9.54. The van der Waals surface area contributed by atoms with E-state index in [1.54, 1.807) is 0 Å². The molecule has 2 aromatic carbocycles. The van der Waals surface area contributed by atoms with Crippen molar-refractivity contribution in [3.05, 3.63) is 70.8 Å². The summed E-state index contributed by atoms with van der Waals surface area (Å²) in [6.45, 7) is 6.13. The summed E-state index contributed by atoms with van der Waals surface area (Å²) in [5, 5.41) is 3.06. The Kier molecular flexibility index (Phi) is 6.84. The first-order chi connectivity index (χ1) is 12.7. The van der Waals surface area contributed by atoms with Crippen molar-refractivity contribution in [1.82, 2.24) is 10.2 Å². The van der Waals surface area contributed by atoms with Gasteiger partial charge >= 0.3 is 0 Å². The van der Waals surface area contributed by atoms with Crippen molar-refractivity contribution in [2.24, 2.45) is 0 Å². The summed E-state index contributed by atoms with van der Waals surface area (Å²) in [6, 6.07) is 17.0. The fourth-order valence-electron chi connectivity index (χ4n) is 3.52. The highest BCUT2D eigenvalue weighted by Gasteiger charge is 2.10. The Morgan fingerprint density at radius 2 is 1.69 bits per heavy atom. The number of hydrogen-bond acceptors (Lipinski definition) is 2. The summed E-state index contributed by atoms with van der Waals surface area (Å²) in [4.78, 5) is 14.7. The fraction of sp³-hybridized carbons (Fsp3) is 0.435. The van der Waals surface area contributed by atoms with Crippen molar-refractivity contribution in [2.75, 3.05) is 13.1 Å². The SMILES string of the molecule is Cc1ccc(CCC(=O)NCc2cccc(CN3CCCCC3)c2)cc1. The quantitative estimate of drug-likeness (QED) is 0.810. The monoisotopic (exact) mass is 350 g/mol. The second-order valence-corrected chi connectivity index (χ2v) is 7.42. The molecule has 26 heavy (non-hydrogen) atoms. The minimum Gasteiger partial charge on any atom is -0.352 e. The highest BCUT2D eigenvalue weighted by molar-refractivity contribution is 5.76. The Labute approximate surface area is 157 Å². The molecular formula is C23H30N2O. The van der Waals surface area contributed by atoms with Gasteiger partial charge < -0.3 is 5.32 Å². The van der Waals surface area contributed by atoms with Crippen molar-refractivity contribution in [2.45, 2.75) is 52.1 Å². The lowest BCUT2D eigenvalue weighted by molar-refractivity contribution is -0.121. The van der Waals surface area contributed by atoms with Crippen LogP contribution in [-0.2, 0) is 24.3 Å². The van der Waals surface area contributed by atoms with Crippen LogP contribution in [0.2, 0.25) is 0 Å². The summed E-state index contributed by atoms with van der Waals surface area (Å²) in [5.74, 6) is 0.118. The molecule has 1 saturated heterocycles. The minimum absolute atomic E-state index is 0.118. The molecule has 0 aliphatic carbocycles. The molecule has 1 heterocycles. The molecule has 0 saturated carbocycles. The van der Waals surface area contributed by atoms with Gasteiger partial charge in [-0.3, -0.25) is 9.69 Å². The molecule has 0 spiro atoms. The van der Waals surface area contributed by atoms with Crippen LogP contribution in [0.3, 0.4) is 0 Å². The maximum absolute atomic E-state index is 12.1. The van der Waals surface area contributed by atoms with E-state index in [2.05, 4.69) is 65.7 Å². The number of likely N-dealkylation sites (tertiary alicyclic amines) is 1. The predicted molar refractivity (Wildman–Crippen MR) is 107 cm³/mol. The van der Waals surface area contributed by atoms with Crippen molar-refractivity contribution in [1.29, 1.82) is 0 Å². The molecule has 1 fully saturated rings. The van der Waals surface area contributed by atoms with Crippen LogP contribution in [0.25, 0.3) is 0 Å². The maximum atomic E-state index is 12.1. The van der Waals surface area contributed by atoms with Gasteiger partial charge in [-0.05, 0) is 56.0 Å². The van der Waals surface area contributed by atoms with E-state index in [0.717, 1.165) is 13.0 Å². The molecule has 1 aliphatic rings. The van der Waals surface area contributed by atoms with Crippen LogP contribution >= 0.6 is 0 Å². The van der Waals surface area contributed by atoms with Crippen LogP contribution in [0.15, 0.2) is 48.5 Å². The summed E-state index contributed by atoms with van der Waals surface area (Å²) >= 11 is 0. The van der Waals surface area contributed by atoms with Gasteiger partial charge in [0.15, 0.2) is 0 Å². The molecule has 138 valence electrons. The van der Waals surface area contributed by atoms with Gasteiger partial charge in [0.2, 0.25) is 5.91 Å². The molecule has 0 bridgehead atoms. The normalized spacial score (nSPS) is 15.0. The molecule has 0 unspecified atom stereocenters. The van der Waals surface area contributed by atoms with Crippen LogP contribution < -0.4 is 5.32 Å². The molecule has 1 aliphatic heterocycles. The highest BCUT2D eigenvalue weighted by atomic mass is 16.1. The molecule has 3 nitrogen and oxygen atoms in total. The first kappa shape index (κ1) is 18.7. The van der Waals surface area contributed by atoms with Crippen LogP contribution in [0.4, 0.5) is 0 Å². The van der Waals surface area contributed by atoms with Gasteiger partial charge in [0, 0.05) is 19.5 Å². The molecule has 0 aromatic heterocycles. The van der Waals surface area contributed by atoms with Crippen LogP contribution in [0.1, 0.15) is 47.9 Å². The third-order valence-electron chi connectivity index (χ3n) is 5.10. The number of piperidine rings is 1. The fourth-order valence-corrected chi connectivity index (χ4v) is 3.52. The van der Waals surface area contributed by atoms with E-state index in [4.69, 9.17) is 0 Å². The van der Waals surface area contributed by atoms with Gasteiger partial charge in [0.05, 0.1) is 0 Å². The second-order valence-electron chi connectivity index (χ2n) is 7.42. The van der Waals surface area contributed by atoms with E-state index in [1.807, 2.05) is 0 Å². The van der Waals surface area contributed by atoms with Gasteiger partial charge in [-0.15, -0.1) is 0 Å². The molecule has 1 amide bonds. The van der Waals surface area contributed by atoms with Gasteiger partial charge in [-0.1, -0.05) is 60.5 Å². The third kappa shape index (κ3) is 5.99. The lowest BCUT2D eigenvalue weighted by Gasteiger charge is -2.26. The lowest BCUT2D eigenvalue weighted by Crippen LogP contribution is -2.29. The van der Waals surface area contributed by atoms with Gasteiger partial charge in [0.1, 0.15) is 0 Å². The first-order valence-corrected chi connectivity index (χ1v) is 9.81. The smallest absolute Gasteiger partial charge is 0.220 e. The van der Waals surface area contributed by atoms with E-state index in [-0.39, 0.29) is 5.91 Å². The Morgan fingerprint density at radius 1 is 0.962 bits per heavy atom. The average Bonchev–Trinajstić information content (AvgIpc) is 2.67. The number of nitrogens with zero attached hydrogens (tertiary/aromatic N) is 1. The molecule has 0 radical (unpaired) electrons. The number of rotatable bonds is 7. The van der Waals surface area contributed by atoms with Crippen LogP contribution in [0, 0.1) is 6.92 Å². The standard InChI is InChI=1S/C23H30N2O/c1-19-8-10-20(11-9-19)12-13-23(26)24-17-21-6-5-7-22(16-21)18-25-14-3-2-4-15-25/h5-11,16H,2-4,12-15,17-18H2,1H3,(H,24,26). The van der Waals surface area contributed by atoms with Crippen LogP contribution in [-0.4, -0.2) is 23.9 Å². The molecular weight excluding hydrogens is 320 g/mol. The Hall–Kier alpha value is -2.13. The number of carbonyl (C=O) groups excluding carboxylic acids is 1. The number of aryl methyl sites for hydroxylation is 2. The van der Waals surface area contributed by atoms with E-state index in [0.29, 0.717) is 13.0 Å². The average molecular weight is 351 g/mol. The third-order valence-corrected chi connectivity index (χ3v) is 5.10. The number of hydrogen-bond donors (Lipinski definition) is 1. The maximum Gasteiger partial charge on any atom is 0.220 e. The summed E-state index contributed by atoms with van der Waals surface area (Å²) in [7, 11) is 0. The summed E-state index contributed by atoms with van der Waals surface area (Å²) in [6.07, 6.45) is 5.33. The number of amides is 1. The number of benzene rings is 2. The van der Waals surface area contributed by atoms with E-state index < -0.39 is 0 Å². The topological polar surface area (TPSA) is 32.3 Å². The first-order valence-electron chi connectivity index (χ1n) is 9.81. The zero-order valence-electron chi connectivity index (χ0n) is 15.8. The molecule has 3 heteroatoms. The highest BCUT2D eigenvalue weighted by Crippen LogP contribution is 2.14. The zero-order chi connectivity index (χ0) is 18.2. The molecule has 3 rings (SSSR count). The number of nitrogens with one attached hydrogen (secondary N) is 1. The van der Waals surface area contributed by atoms with Gasteiger partial charge in [-0.2, -0.15) is 0 Å². The molecule has 0 atom stereocenters. The minimum atomic E-state index is 0.118. The van der Waals surface area contributed by atoms with Crippen molar-refractivity contribution in [3.63, 3.8) is 0 Å². The van der Waals surface area contributed by atoms with Gasteiger partial charge in [-0.25, -0.2) is 0 Å². The van der Waals surface area contributed by atoms with Gasteiger partial charge in [0.25, 0.3) is 0 Å². The summed E-state index contributed by atoms with van der Waals surface area (Å²) < 4.78 is 0. The van der Waals surface area contributed by atoms with Crippen LogP contribution in [0.5, 0.6) is 0 Å². The Morgan fingerprint density at radius 3 is 2.46 bits per heavy atom.